The summed E-state index contributed by atoms with van der Waals surface area (Å²) in [6.45, 7) is 0.447. The molecule has 4 aromatic rings. The van der Waals surface area contributed by atoms with Gasteiger partial charge in [-0.1, -0.05) is 72.8 Å². The van der Waals surface area contributed by atoms with Crippen LogP contribution >= 0.6 is 11.8 Å². The summed E-state index contributed by atoms with van der Waals surface area (Å²) < 4.78 is 12.8. The minimum absolute atomic E-state index is 0.0129. The van der Waals surface area contributed by atoms with Gasteiger partial charge in [0.2, 0.25) is 0 Å². The number of thioether (sulfide) groups is 1. The summed E-state index contributed by atoms with van der Waals surface area (Å²) in [6.07, 6.45) is 1.83. The molecule has 0 unspecified atom stereocenters. The summed E-state index contributed by atoms with van der Waals surface area (Å²) in [6, 6.07) is 30.9. The van der Waals surface area contributed by atoms with E-state index in [9.17, 15) is 9.90 Å². The normalized spacial score (nSPS) is 19.1. The van der Waals surface area contributed by atoms with E-state index in [1.54, 1.807) is 30.1 Å². The second-order valence-corrected chi connectivity index (χ2v) is 10.2. The molecule has 1 aliphatic rings. The molecule has 1 aromatic heterocycles. The van der Waals surface area contributed by atoms with Gasteiger partial charge in [-0.05, 0) is 41.0 Å². The van der Waals surface area contributed by atoms with E-state index in [4.69, 9.17) is 9.47 Å². The number of aromatic nitrogens is 1. The molecule has 194 valence electrons. The second kappa shape index (κ2) is 12.8. The van der Waals surface area contributed by atoms with Gasteiger partial charge in [0, 0.05) is 36.0 Å². The van der Waals surface area contributed by atoms with E-state index in [1.807, 2.05) is 84.9 Å². The van der Waals surface area contributed by atoms with Crippen LogP contribution in [0.3, 0.4) is 0 Å². The molecule has 0 radical (unpaired) electrons. The average Bonchev–Trinajstić information content (AvgIpc) is 3.00. The fourth-order valence-corrected chi connectivity index (χ4v) is 5.18. The molecule has 1 amide bonds. The van der Waals surface area contributed by atoms with Crippen molar-refractivity contribution in [2.24, 2.45) is 0 Å². The number of nitrogens with zero attached hydrogens (tertiary/aromatic N) is 1. The van der Waals surface area contributed by atoms with E-state index in [0.717, 1.165) is 39.5 Å². The summed E-state index contributed by atoms with van der Waals surface area (Å²) in [5.74, 6) is 0.656. The smallest absolute Gasteiger partial charge is 0.251 e. The molecule has 2 heterocycles. The number of carbonyl (C=O) groups excluding carboxylic acids is 1. The van der Waals surface area contributed by atoms with Gasteiger partial charge in [0.05, 0.1) is 23.8 Å². The number of nitrogens with one attached hydrogen (secondary N) is 1. The highest BCUT2D eigenvalue weighted by Crippen LogP contribution is 2.39. The Morgan fingerprint density at radius 2 is 1.58 bits per heavy atom. The van der Waals surface area contributed by atoms with Crippen molar-refractivity contribution < 1.29 is 19.4 Å². The Morgan fingerprint density at radius 3 is 2.29 bits per heavy atom. The second-order valence-electron chi connectivity index (χ2n) is 9.12. The molecule has 7 heteroatoms. The van der Waals surface area contributed by atoms with Crippen LogP contribution in [0, 0.1) is 0 Å². The number of hydrogen-bond donors (Lipinski definition) is 2. The minimum atomic E-state index is -0.520. The van der Waals surface area contributed by atoms with Crippen LogP contribution in [0.4, 0.5) is 0 Å². The monoisotopic (exact) mass is 526 g/mol. The summed E-state index contributed by atoms with van der Waals surface area (Å²) in [5, 5.41) is 13.3. The zero-order valence-corrected chi connectivity index (χ0v) is 21.7. The van der Waals surface area contributed by atoms with Gasteiger partial charge in [0.25, 0.3) is 5.91 Å². The summed E-state index contributed by atoms with van der Waals surface area (Å²) >= 11 is 1.67. The number of aliphatic hydroxyl groups is 1. The van der Waals surface area contributed by atoms with Crippen LogP contribution in [-0.2, 0) is 22.6 Å². The van der Waals surface area contributed by atoms with Crippen molar-refractivity contribution in [2.75, 3.05) is 5.75 Å². The molecule has 1 fully saturated rings. The van der Waals surface area contributed by atoms with Crippen LogP contribution in [0.15, 0.2) is 108 Å². The van der Waals surface area contributed by atoms with Crippen molar-refractivity contribution in [2.45, 2.75) is 43.1 Å². The van der Waals surface area contributed by atoms with Crippen molar-refractivity contribution >= 4 is 17.7 Å². The van der Waals surface area contributed by atoms with Crippen molar-refractivity contribution in [1.29, 1.82) is 0 Å². The maximum atomic E-state index is 12.4. The summed E-state index contributed by atoms with van der Waals surface area (Å²) in [5.41, 5.74) is 4.49. The molecule has 1 saturated heterocycles. The zero-order valence-electron chi connectivity index (χ0n) is 20.9. The molecule has 0 saturated carbocycles. The van der Waals surface area contributed by atoms with Crippen molar-refractivity contribution in [3.63, 3.8) is 0 Å². The number of hydrogen-bond acceptors (Lipinski definition) is 6. The van der Waals surface area contributed by atoms with Crippen LogP contribution in [-0.4, -0.2) is 27.9 Å². The first-order chi connectivity index (χ1) is 18.7. The third-order valence-electron chi connectivity index (χ3n) is 6.41. The molecule has 0 spiro atoms. The first kappa shape index (κ1) is 26.1. The molecule has 1 aliphatic heterocycles. The molecule has 0 aliphatic carbocycles. The number of aliphatic hydroxyl groups excluding tert-OH is 1. The van der Waals surface area contributed by atoms with Crippen LogP contribution < -0.4 is 5.32 Å². The fraction of sp³-hybridized carbons (Fsp3) is 0.226. The lowest BCUT2D eigenvalue weighted by Gasteiger charge is -2.36. The van der Waals surface area contributed by atoms with E-state index in [2.05, 4.69) is 10.3 Å². The summed E-state index contributed by atoms with van der Waals surface area (Å²) in [7, 11) is 0. The highest BCUT2D eigenvalue weighted by atomic mass is 32.2. The van der Waals surface area contributed by atoms with E-state index in [1.165, 1.54) is 0 Å². The van der Waals surface area contributed by atoms with Gasteiger partial charge >= 0.3 is 0 Å². The fourth-order valence-electron chi connectivity index (χ4n) is 4.30. The Hall–Kier alpha value is -3.49. The van der Waals surface area contributed by atoms with E-state index < -0.39 is 6.29 Å². The number of amides is 1. The van der Waals surface area contributed by atoms with Gasteiger partial charge in [-0.2, -0.15) is 0 Å². The predicted octanol–water partition coefficient (Wildman–Crippen LogP) is 5.84. The molecule has 38 heavy (non-hydrogen) atoms. The average molecular weight is 527 g/mol. The molecule has 5 rings (SSSR count). The van der Waals surface area contributed by atoms with Crippen LogP contribution in [0.1, 0.15) is 51.4 Å². The molecule has 2 N–H and O–H groups in total. The van der Waals surface area contributed by atoms with Gasteiger partial charge in [0.1, 0.15) is 0 Å². The van der Waals surface area contributed by atoms with Gasteiger partial charge in [-0.25, -0.2) is 4.98 Å². The van der Waals surface area contributed by atoms with Gasteiger partial charge in [0.15, 0.2) is 6.29 Å². The van der Waals surface area contributed by atoms with Gasteiger partial charge in [-0.15, -0.1) is 11.8 Å². The number of pyridine rings is 1. The SMILES string of the molecule is O=C(NCc1ccc([C@H]2O[C@@H](CSc3ccccn3)C[C@@H](c3ccc(CO)cc3)O2)cc1)c1ccccc1. The van der Waals surface area contributed by atoms with Gasteiger partial charge in [-0.3, -0.25) is 4.79 Å². The third-order valence-corrected chi connectivity index (χ3v) is 7.49. The predicted molar refractivity (Wildman–Crippen MR) is 147 cm³/mol. The maximum Gasteiger partial charge on any atom is 0.251 e. The number of rotatable bonds is 9. The Balaban J connectivity index is 1.27. The Bertz CT molecular complexity index is 1300. The Labute approximate surface area is 227 Å². The molecular formula is C31H30N2O4S. The van der Waals surface area contributed by atoms with E-state index >= 15 is 0 Å². The molecule has 3 aromatic carbocycles. The largest absolute Gasteiger partial charge is 0.392 e. The van der Waals surface area contributed by atoms with Crippen molar-refractivity contribution in [3.8, 4) is 0 Å². The van der Waals surface area contributed by atoms with Crippen molar-refractivity contribution in [1.82, 2.24) is 10.3 Å². The number of benzene rings is 3. The Kier molecular flexibility index (Phi) is 8.83. The lowest BCUT2D eigenvalue weighted by atomic mass is 10.0. The van der Waals surface area contributed by atoms with Crippen molar-refractivity contribution in [3.05, 3.63) is 131 Å². The topological polar surface area (TPSA) is 80.7 Å². The lowest BCUT2D eigenvalue weighted by molar-refractivity contribution is -0.245. The number of ether oxygens (including phenoxy) is 2. The quantitative estimate of drug-likeness (QED) is 0.267. The Morgan fingerprint density at radius 1 is 0.868 bits per heavy atom. The first-order valence-electron chi connectivity index (χ1n) is 12.6. The summed E-state index contributed by atoms with van der Waals surface area (Å²) in [4.78, 5) is 16.8. The maximum absolute atomic E-state index is 12.4. The molecule has 6 nitrogen and oxygen atoms in total. The van der Waals surface area contributed by atoms with E-state index in [0.29, 0.717) is 12.1 Å². The molecular weight excluding hydrogens is 496 g/mol. The number of carbonyl (C=O) groups is 1. The molecule has 0 bridgehead atoms. The molecule has 3 atom stereocenters. The van der Waals surface area contributed by atoms with Crippen LogP contribution in [0.5, 0.6) is 0 Å². The lowest BCUT2D eigenvalue weighted by Crippen LogP contribution is -2.31. The first-order valence-corrected chi connectivity index (χ1v) is 13.6. The zero-order chi connectivity index (χ0) is 26.2. The minimum Gasteiger partial charge on any atom is -0.392 e. The van der Waals surface area contributed by atoms with E-state index in [-0.39, 0.29) is 24.7 Å². The standard InChI is InChI=1S/C31H30N2O4S/c34-20-23-11-13-24(14-12-23)28-18-27(21-38-29-8-4-5-17-32-29)36-31(37-28)26-15-9-22(10-16-26)19-33-30(35)25-6-2-1-3-7-25/h1-17,27-28,31,34H,18-21H2,(H,33,35)/t27-,28+,31+/m1/s1. The van der Waals surface area contributed by atoms with Crippen LogP contribution in [0.2, 0.25) is 0 Å². The highest BCUT2D eigenvalue weighted by Gasteiger charge is 2.32. The van der Waals surface area contributed by atoms with Gasteiger partial charge < -0.3 is 19.9 Å². The highest BCUT2D eigenvalue weighted by molar-refractivity contribution is 7.99. The third kappa shape index (κ3) is 6.88. The van der Waals surface area contributed by atoms with Crippen LogP contribution in [0.25, 0.3) is 0 Å².